The zero-order valence-corrected chi connectivity index (χ0v) is 14.9. The van der Waals surface area contributed by atoms with E-state index in [-0.39, 0.29) is 5.41 Å². The molecular formula is C19H25NO2S. The summed E-state index contributed by atoms with van der Waals surface area (Å²) in [7, 11) is -3.54. The first-order chi connectivity index (χ1) is 10.8. The third-order valence-electron chi connectivity index (χ3n) is 3.66. The first-order valence-corrected chi connectivity index (χ1v) is 9.37. The van der Waals surface area contributed by atoms with Crippen molar-refractivity contribution in [2.24, 2.45) is 5.41 Å². The van der Waals surface area contributed by atoms with E-state index in [1.54, 1.807) is 24.3 Å². The molecule has 0 fully saturated rings. The van der Waals surface area contributed by atoms with Crippen LogP contribution >= 0.6 is 0 Å². The molecule has 0 heterocycles. The highest BCUT2D eigenvalue weighted by atomic mass is 32.2. The van der Waals surface area contributed by atoms with Gasteiger partial charge >= 0.3 is 0 Å². The number of anilines is 1. The number of rotatable bonds is 6. The molecule has 0 saturated carbocycles. The maximum Gasteiger partial charge on any atom is 0.264 e. The Labute approximate surface area is 140 Å². The summed E-state index contributed by atoms with van der Waals surface area (Å²) < 4.78 is 27.6. The SMILES string of the molecule is CC(C)(C)CCCN(c1ccccc1)S(=O)(=O)c1ccccc1. The standard InChI is InChI=1S/C19H25NO2S/c1-19(2,3)15-10-16-20(17-11-6-4-7-12-17)23(21,22)18-13-8-5-9-14-18/h4-9,11-14H,10,15-16H2,1-3H3. The highest BCUT2D eigenvalue weighted by Crippen LogP contribution is 2.26. The lowest BCUT2D eigenvalue weighted by atomic mass is 9.91. The minimum absolute atomic E-state index is 0.193. The van der Waals surface area contributed by atoms with Crippen molar-refractivity contribution < 1.29 is 8.42 Å². The van der Waals surface area contributed by atoms with Gasteiger partial charge in [0.25, 0.3) is 10.0 Å². The maximum absolute atomic E-state index is 13.0. The predicted molar refractivity (Wildman–Crippen MR) is 96.1 cm³/mol. The molecule has 0 amide bonds. The molecule has 0 spiro atoms. The largest absolute Gasteiger partial charge is 0.266 e. The number of hydrogen-bond donors (Lipinski definition) is 0. The minimum atomic E-state index is -3.54. The normalized spacial score (nSPS) is 12.1. The van der Waals surface area contributed by atoms with Crippen LogP contribution in [0, 0.1) is 5.41 Å². The van der Waals surface area contributed by atoms with Gasteiger partial charge in [-0.15, -0.1) is 0 Å². The second-order valence-electron chi connectivity index (χ2n) is 6.89. The van der Waals surface area contributed by atoms with Crippen LogP contribution < -0.4 is 4.31 Å². The fourth-order valence-electron chi connectivity index (χ4n) is 2.46. The van der Waals surface area contributed by atoms with E-state index in [2.05, 4.69) is 20.8 Å². The Morgan fingerprint density at radius 3 is 1.91 bits per heavy atom. The first kappa shape index (κ1) is 17.5. The molecule has 0 radical (unpaired) electrons. The van der Waals surface area contributed by atoms with Crippen LogP contribution in [0.3, 0.4) is 0 Å². The molecule has 0 saturated heterocycles. The lowest BCUT2D eigenvalue weighted by Gasteiger charge is -2.26. The molecule has 0 aliphatic carbocycles. The summed E-state index contributed by atoms with van der Waals surface area (Å²) in [5.41, 5.74) is 0.907. The minimum Gasteiger partial charge on any atom is -0.266 e. The molecule has 3 nitrogen and oxygen atoms in total. The van der Waals surface area contributed by atoms with E-state index in [0.717, 1.165) is 12.8 Å². The summed E-state index contributed by atoms with van der Waals surface area (Å²) >= 11 is 0. The molecule has 0 unspecified atom stereocenters. The van der Waals surface area contributed by atoms with Crippen molar-refractivity contribution in [1.29, 1.82) is 0 Å². The molecule has 2 aromatic carbocycles. The third-order valence-corrected chi connectivity index (χ3v) is 5.50. The van der Waals surface area contributed by atoms with Gasteiger partial charge in [0, 0.05) is 6.54 Å². The Morgan fingerprint density at radius 1 is 0.870 bits per heavy atom. The van der Waals surface area contributed by atoms with Crippen molar-refractivity contribution >= 4 is 15.7 Å². The van der Waals surface area contributed by atoms with Crippen LogP contribution in [-0.2, 0) is 10.0 Å². The highest BCUT2D eigenvalue weighted by molar-refractivity contribution is 7.92. The van der Waals surface area contributed by atoms with E-state index in [9.17, 15) is 8.42 Å². The van der Waals surface area contributed by atoms with Gasteiger partial charge in [0.2, 0.25) is 0 Å². The van der Waals surface area contributed by atoms with E-state index >= 15 is 0 Å². The molecular weight excluding hydrogens is 306 g/mol. The Balaban J connectivity index is 2.30. The van der Waals surface area contributed by atoms with Gasteiger partial charge in [0.05, 0.1) is 10.6 Å². The summed E-state index contributed by atoms with van der Waals surface area (Å²) in [4.78, 5) is 0.333. The highest BCUT2D eigenvalue weighted by Gasteiger charge is 2.24. The van der Waals surface area contributed by atoms with Crippen molar-refractivity contribution in [1.82, 2.24) is 0 Å². The Bertz CT molecular complexity index is 704. The van der Waals surface area contributed by atoms with E-state index in [1.807, 2.05) is 36.4 Å². The van der Waals surface area contributed by atoms with E-state index in [0.29, 0.717) is 17.1 Å². The van der Waals surface area contributed by atoms with E-state index < -0.39 is 10.0 Å². The lowest BCUT2D eigenvalue weighted by Crippen LogP contribution is -2.32. The Kier molecular flexibility index (Phi) is 5.47. The monoisotopic (exact) mass is 331 g/mol. The molecule has 4 heteroatoms. The molecule has 0 aliphatic heterocycles. The molecule has 124 valence electrons. The van der Waals surface area contributed by atoms with Gasteiger partial charge in [-0.25, -0.2) is 8.42 Å². The number of sulfonamides is 1. The van der Waals surface area contributed by atoms with Crippen LogP contribution in [-0.4, -0.2) is 15.0 Å². The average Bonchev–Trinajstić information content (AvgIpc) is 2.52. The van der Waals surface area contributed by atoms with Gasteiger partial charge in [-0.05, 0) is 42.5 Å². The summed E-state index contributed by atoms with van der Waals surface area (Å²) in [6.07, 6.45) is 1.80. The van der Waals surface area contributed by atoms with Gasteiger partial charge in [-0.2, -0.15) is 0 Å². The molecule has 0 N–H and O–H groups in total. The first-order valence-electron chi connectivity index (χ1n) is 7.93. The topological polar surface area (TPSA) is 37.4 Å². The van der Waals surface area contributed by atoms with Gasteiger partial charge in [0.15, 0.2) is 0 Å². The second kappa shape index (κ2) is 7.18. The van der Waals surface area contributed by atoms with Crippen molar-refractivity contribution in [3.05, 3.63) is 60.7 Å². The second-order valence-corrected chi connectivity index (χ2v) is 8.75. The number of para-hydroxylation sites is 1. The number of nitrogens with zero attached hydrogens (tertiary/aromatic N) is 1. The molecule has 0 atom stereocenters. The summed E-state index contributed by atoms with van der Waals surface area (Å²) in [5.74, 6) is 0. The van der Waals surface area contributed by atoms with Crippen LogP contribution in [0.2, 0.25) is 0 Å². The predicted octanol–water partition coefficient (Wildman–Crippen LogP) is 4.71. The zero-order chi connectivity index (χ0) is 16.9. The quantitative estimate of drug-likeness (QED) is 0.769. The van der Waals surface area contributed by atoms with E-state index in [1.165, 1.54) is 4.31 Å². The average molecular weight is 331 g/mol. The fourth-order valence-corrected chi connectivity index (χ4v) is 3.98. The van der Waals surface area contributed by atoms with Gasteiger partial charge in [0.1, 0.15) is 0 Å². The van der Waals surface area contributed by atoms with Gasteiger partial charge in [-0.1, -0.05) is 57.2 Å². The molecule has 0 aromatic heterocycles. The van der Waals surface area contributed by atoms with Gasteiger partial charge < -0.3 is 0 Å². The van der Waals surface area contributed by atoms with E-state index in [4.69, 9.17) is 0 Å². The van der Waals surface area contributed by atoms with Gasteiger partial charge in [-0.3, -0.25) is 4.31 Å². The van der Waals surface area contributed by atoms with Crippen LogP contribution in [0.1, 0.15) is 33.6 Å². The summed E-state index contributed by atoms with van der Waals surface area (Å²) in [6.45, 7) is 7.00. The number of hydrogen-bond acceptors (Lipinski definition) is 2. The van der Waals surface area contributed by atoms with Crippen molar-refractivity contribution in [3.63, 3.8) is 0 Å². The molecule has 0 aliphatic rings. The van der Waals surface area contributed by atoms with Crippen LogP contribution in [0.25, 0.3) is 0 Å². The molecule has 2 rings (SSSR count). The summed E-state index contributed by atoms with van der Waals surface area (Å²) in [6, 6.07) is 18.0. The van der Waals surface area contributed by atoms with Crippen LogP contribution in [0.4, 0.5) is 5.69 Å². The van der Waals surface area contributed by atoms with Crippen LogP contribution in [0.5, 0.6) is 0 Å². The zero-order valence-electron chi connectivity index (χ0n) is 14.1. The summed E-state index contributed by atoms with van der Waals surface area (Å²) in [5, 5.41) is 0. The third kappa shape index (κ3) is 4.83. The maximum atomic E-state index is 13.0. The van der Waals surface area contributed by atoms with Crippen molar-refractivity contribution in [3.8, 4) is 0 Å². The molecule has 23 heavy (non-hydrogen) atoms. The smallest absolute Gasteiger partial charge is 0.264 e. The Morgan fingerprint density at radius 2 is 1.39 bits per heavy atom. The molecule has 2 aromatic rings. The number of benzene rings is 2. The van der Waals surface area contributed by atoms with Crippen molar-refractivity contribution in [2.75, 3.05) is 10.8 Å². The van der Waals surface area contributed by atoms with Crippen molar-refractivity contribution in [2.45, 2.75) is 38.5 Å². The fraction of sp³-hybridized carbons (Fsp3) is 0.368. The Hall–Kier alpha value is -1.81. The molecule has 0 bridgehead atoms. The van der Waals surface area contributed by atoms with Crippen LogP contribution in [0.15, 0.2) is 65.6 Å². The lowest BCUT2D eigenvalue weighted by molar-refractivity contribution is 0.368.